The summed E-state index contributed by atoms with van der Waals surface area (Å²) in [5.74, 6) is -1.58. The van der Waals surface area contributed by atoms with E-state index in [1.165, 1.54) is 19.2 Å². The zero-order valence-corrected chi connectivity index (χ0v) is 19.4. The average Bonchev–Trinajstić information content (AvgIpc) is 3.03. The Balaban J connectivity index is 2.18. The van der Waals surface area contributed by atoms with E-state index in [4.69, 9.17) is 42.1 Å². The van der Waals surface area contributed by atoms with Gasteiger partial charge >= 0.3 is 11.9 Å². The number of benzene rings is 1. The van der Waals surface area contributed by atoms with Crippen LogP contribution in [0.4, 0.5) is 5.00 Å². The molecule has 0 spiro atoms. The minimum Gasteiger partial charge on any atom is -0.482 e. The van der Waals surface area contributed by atoms with Crippen molar-refractivity contribution < 1.29 is 33.3 Å². The lowest BCUT2D eigenvalue weighted by Gasteiger charge is -2.09. The van der Waals surface area contributed by atoms with Crippen molar-refractivity contribution in [2.24, 2.45) is 0 Å². The first-order chi connectivity index (χ1) is 14.8. The fraction of sp³-hybridized carbons (Fsp3) is 0.350. The summed E-state index contributed by atoms with van der Waals surface area (Å²) in [6.07, 6.45) is 0. The van der Waals surface area contributed by atoms with Crippen LogP contribution in [0.1, 0.15) is 32.5 Å². The maximum atomic E-state index is 12.4. The Kier molecular flexibility index (Phi) is 9.57. The number of carbonyl (C=O) groups is 3. The molecule has 1 N–H and O–H groups in total. The molecule has 0 radical (unpaired) electrons. The summed E-state index contributed by atoms with van der Waals surface area (Å²) in [5, 5.41) is 3.43. The fourth-order valence-corrected chi connectivity index (χ4v) is 3.99. The van der Waals surface area contributed by atoms with Crippen molar-refractivity contribution in [3.63, 3.8) is 0 Å². The molecule has 0 saturated carbocycles. The van der Waals surface area contributed by atoms with Gasteiger partial charge in [0, 0.05) is 12.1 Å². The maximum absolute atomic E-state index is 12.4. The number of nitrogens with one attached hydrogen (secondary N) is 1. The quantitative estimate of drug-likeness (QED) is 0.390. The molecule has 0 unspecified atom stereocenters. The molecule has 1 heterocycles. The third-order valence-electron chi connectivity index (χ3n) is 3.84. The number of anilines is 1. The molecular formula is C20H21Cl2NO7S. The summed E-state index contributed by atoms with van der Waals surface area (Å²) in [6, 6.07) is 4.59. The van der Waals surface area contributed by atoms with Gasteiger partial charge < -0.3 is 24.3 Å². The highest BCUT2D eigenvalue weighted by atomic mass is 35.5. The summed E-state index contributed by atoms with van der Waals surface area (Å²) < 4.78 is 20.4. The predicted molar refractivity (Wildman–Crippen MR) is 118 cm³/mol. The average molecular weight is 490 g/mol. The fourth-order valence-electron chi connectivity index (χ4n) is 2.43. The summed E-state index contributed by atoms with van der Waals surface area (Å²) in [6.45, 7) is 3.27. The molecule has 1 aromatic heterocycles. The number of esters is 2. The Hall–Kier alpha value is -2.33. The van der Waals surface area contributed by atoms with E-state index in [1.807, 2.05) is 0 Å². The molecular weight excluding hydrogens is 469 g/mol. The molecule has 0 atom stereocenters. The third-order valence-corrected chi connectivity index (χ3v) is 5.56. The van der Waals surface area contributed by atoms with Gasteiger partial charge in [-0.3, -0.25) is 4.79 Å². The van der Waals surface area contributed by atoms with E-state index in [9.17, 15) is 14.4 Å². The number of halogens is 2. The summed E-state index contributed by atoms with van der Waals surface area (Å²) in [4.78, 5) is 37.4. The van der Waals surface area contributed by atoms with Gasteiger partial charge in [-0.2, -0.15) is 0 Å². The molecule has 2 aromatic rings. The Labute approximate surface area is 193 Å². The Morgan fingerprint density at radius 1 is 1.10 bits per heavy atom. The highest BCUT2D eigenvalue weighted by Crippen LogP contribution is 2.34. The predicted octanol–water partition coefficient (Wildman–Crippen LogP) is 4.36. The summed E-state index contributed by atoms with van der Waals surface area (Å²) >= 11 is 12.8. The molecule has 0 bridgehead atoms. The van der Waals surface area contributed by atoms with E-state index in [0.29, 0.717) is 10.6 Å². The van der Waals surface area contributed by atoms with Gasteiger partial charge in [0.15, 0.2) is 6.61 Å². The number of ether oxygens (including phenoxy) is 4. The number of rotatable bonds is 10. The Morgan fingerprint density at radius 3 is 2.48 bits per heavy atom. The first-order valence-corrected chi connectivity index (χ1v) is 10.7. The molecule has 1 amide bonds. The van der Waals surface area contributed by atoms with Crippen molar-refractivity contribution in [2.75, 3.05) is 38.9 Å². The molecule has 0 aliphatic rings. The standard InChI is InChI=1S/C20H21Cl2NO7S/c1-4-28-19(25)16-11(2)17(20(26)29-8-7-27-3)31-18(16)23-15(24)10-30-14-6-5-12(21)9-13(14)22/h5-6,9H,4,7-8,10H2,1-3H3,(H,23,24). The molecule has 11 heteroatoms. The van der Waals surface area contributed by atoms with E-state index < -0.39 is 17.8 Å². The highest BCUT2D eigenvalue weighted by molar-refractivity contribution is 7.18. The van der Waals surface area contributed by atoms with E-state index >= 15 is 0 Å². The van der Waals surface area contributed by atoms with E-state index in [0.717, 1.165) is 11.3 Å². The van der Waals surface area contributed by atoms with Gasteiger partial charge in [0.2, 0.25) is 0 Å². The second-order valence-corrected chi connectivity index (χ2v) is 7.89. The van der Waals surface area contributed by atoms with Crippen LogP contribution in [0.5, 0.6) is 5.75 Å². The van der Waals surface area contributed by atoms with E-state index in [1.54, 1.807) is 19.9 Å². The Morgan fingerprint density at radius 2 is 1.84 bits per heavy atom. The van der Waals surface area contributed by atoms with Gasteiger partial charge in [-0.15, -0.1) is 11.3 Å². The first kappa shape index (κ1) is 24.9. The first-order valence-electron chi connectivity index (χ1n) is 9.12. The molecule has 0 fully saturated rings. The number of thiophene rings is 1. The molecule has 0 saturated heterocycles. The number of hydrogen-bond donors (Lipinski definition) is 1. The van der Waals surface area contributed by atoms with E-state index in [2.05, 4.69) is 5.32 Å². The smallest absolute Gasteiger partial charge is 0.348 e. The largest absolute Gasteiger partial charge is 0.482 e. The van der Waals surface area contributed by atoms with Crippen molar-refractivity contribution in [1.29, 1.82) is 0 Å². The molecule has 8 nitrogen and oxygen atoms in total. The number of carbonyl (C=O) groups excluding carboxylic acids is 3. The molecule has 0 aliphatic heterocycles. The lowest BCUT2D eigenvalue weighted by atomic mass is 10.1. The van der Waals surface area contributed by atoms with Crippen molar-refractivity contribution in [1.82, 2.24) is 0 Å². The van der Waals surface area contributed by atoms with Crippen LogP contribution in [-0.2, 0) is 19.0 Å². The zero-order chi connectivity index (χ0) is 23.0. The van der Waals surface area contributed by atoms with Crippen LogP contribution in [0.2, 0.25) is 10.0 Å². The van der Waals surface area contributed by atoms with Gasteiger partial charge in [-0.05, 0) is 37.6 Å². The molecule has 2 rings (SSSR count). The summed E-state index contributed by atoms with van der Waals surface area (Å²) in [5.41, 5.74) is 0.436. The second-order valence-electron chi connectivity index (χ2n) is 6.02. The molecule has 1 aromatic carbocycles. The zero-order valence-electron chi connectivity index (χ0n) is 17.1. The number of methoxy groups -OCH3 is 1. The van der Waals surface area contributed by atoms with Crippen LogP contribution < -0.4 is 10.1 Å². The van der Waals surface area contributed by atoms with Crippen LogP contribution >= 0.6 is 34.5 Å². The van der Waals surface area contributed by atoms with Gasteiger partial charge in [0.1, 0.15) is 22.2 Å². The van der Waals surface area contributed by atoms with Gasteiger partial charge in [-0.1, -0.05) is 23.2 Å². The third kappa shape index (κ3) is 6.83. The van der Waals surface area contributed by atoms with Gasteiger partial charge in [0.05, 0.1) is 23.8 Å². The SMILES string of the molecule is CCOC(=O)c1c(NC(=O)COc2ccc(Cl)cc2Cl)sc(C(=O)OCCOC)c1C. The normalized spacial score (nSPS) is 10.5. The van der Waals surface area contributed by atoms with Crippen LogP contribution in [0.3, 0.4) is 0 Å². The molecule has 168 valence electrons. The Bertz CT molecular complexity index is 961. The number of amides is 1. The maximum Gasteiger partial charge on any atom is 0.348 e. The second kappa shape index (κ2) is 11.9. The van der Waals surface area contributed by atoms with Crippen LogP contribution in [0.15, 0.2) is 18.2 Å². The monoisotopic (exact) mass is 489 g/mol. The molecule has 0 aliphatic carbocycles. The van der Waals surface area contributed by atoms with Gasteiger partial charge in [-0.25, -0.2) is 9.59 Å². The minimum atomic E-state index is -0.663. The minimum absolute atomic E-state index is 0.0544. The van der Waals surface area contributed by atoms with Gasteiger partial charge in [0.25, 0.3) is 5.91 Å². The van der Waals surface area contributed by atoms with Crippen molar-refractivity contribution in [2.45, 2.75) is 13.8 Å². The topological polar surface area (TPSA) is 100 Å². The van der Waals surface area contributed by atoms with E-state index in [-0.39, 0.29) is 52.6 Å². The number of hydrogen-bond acceptors (Lipinski definition) is 8. The lowest BCUT2D eigenvalue weighted by Crippen LogP contribution is -2.21. The summed E-state index contributed by atoms with van der Waals surface area (Å²) in [7, 11) is 1.48. The van der Waals surface area contributed by atoms with Crippen LogP contribution in [-0.4, -0.2) is 51.4 Å². The van der Waals surface area contributed by atoms with Crippen molar-refractivity contribution in [3.05, 3.63) is 44.2 Å². The molecule has 31 heavy (non-hydrogen) atoms. The highest BCUT2D eigenvalue weighted by Gasteiger charge is 2.27. The lowest BCUT2D eigenvalue weighted by molar-refractivity contribution is -0.118. The van der Waals surface area contributed by atoms with Crippen molar-refractivity contribution in [3.8, 4) is 5.75 Å². The van der Waals surface area contributed by atoms with Crippen molar-refractivity contribution >= 4 is 57.4 Å². The van der Waals surface area contributed by atoms with Crippen LogP contribution in [0.25, 0.3) is 0 Å². The van der Waals surface area contributed by atoms with Crippen LogP contribution in [0, 0.1) is 6.92 Å².